The van der Waals surface area contributed by atoms with Crippen LogP contribution < -0.4 is 5.73 Å². The molecule has 0 saturated heterocycles. The topological polar surface area (TPSA) is 89.4 Å². The average Bonchev–Trinajstić information content (AvgIpc) is 2.51. The van der Waals surface area contributed by atoms with Crippen LogP contribution in [0.3, 0.4) is 0 Å². The maximum Gasteiger partial charge on any atom is 0.324 e. The number of thiophene rings is 1. The molecule has 0 amide bonds. The third-order valence-corrected chi connectivity index (χ3v) is 2.31. The Morgan fingerprint density at radius 1 is 1.83 bits per heavy atom. The monoisotopic (exact) mass is 188 g/mol. The van der Waals surface area contributed by atoms with Gasteiger partial charge in [-0.25, -0.2) is 0 Å². The van der Waals surface area contributed by atoms with E-state index in [1.54, 1.807) is 5.38 Å². The van der Waals surface area contributed by atoms with Crippen LogP contribution in [0.15, 0.2) is 11.4 Å². The SMILES string of the molecule is N[C@@H](CO)c1csc([N+](=O)[O-])c1. The van der Waals surface area contributed by atoms with E-state index in [2.05, 4.69) is 0 Å². The fraction of sp³-hybridized carbons (Fsp3) is 0.333. The Morgan fingerprint density at radius 3 is 2.92 bits per heavy atom. The highest BCUT2D eigenvalue weighted by molar-refractivity contribution is 7.13. The molecule has 1 rings (SSSR count). The van der Waals surface area contributed by atoms with Crippen molar-refractivity contribution in [3.63, 3.8) is 0 Å². The van der Waals surface area contributed by atoms with Crippen LogP contribution in [0.25, 0.3) is 0 Å². The molecule has 0 unspecified atom stereocenters. The predicted octanol–water partition coefficient (Wildman–Crippen LogP) is 0.648. The van der Waals surface area contributed by atoms with E-state index in [9.17, 15) is 10.1 Å². The summed E-state index contributed by atoms with van der Waals surface area (Å²) in [6.07, 6.45) is 0. The molecule has 0 spiro atoms. The van der Waals surface area contributed by atoms with Crippen molar-refractivity contribution in [1.82, 2.24) is 0 Å². The minimum Gasteiger partial charge on any atom is -0.394 e. The number of nitrogens with zero attached hydrogens (tertiary/aromatic N) is 1. The first-order valence-corrected chi connectivity index (χ1v) is 4.12. The summed E-state index contributed by atoms with van der Waals surface area (Å²) in [7, 11) is 0. The Bertz CT molecular complexity index is 286. The van der Waals surface area contributed by atoms with Crippen molar-refractivity contribution in [3.05, 3.63) is 27.1 Å². The van der Waals surface area contributed by atoms with Crippen molar-refractivity contribution >= 4 is 16.3 Å². The quantitative estimate of drug-likeness (QED) is 0.538. The number of rotatable bonds is 3. The molecule has 0 aromatic carbocycles. The molecule has 0 aliphatic heterocycles. The van der Waals surface area contributed by atoms with Crippen LogP contribution >= 0.6 is 11.3 Å². The van der Waals surface area contributed by atoms with Gasteiger partial charge in [0.15, 0.2) is 0 Å². The number of nitro groups is 1. The number of nitrogens with two attached hydrogens (primary N) is 1. The number of hydrogen-bond donors (Lipinski definition) is 2. The Morgan fingerprint density at radius 2 is 2.50 bits per heavy atom. The fourth-order valence-electron chi connectivity index (χ4n) is 0.735. The molecule has 1 atom stereocenters. The molecule has 3 N–H and O–H groups in total. The summed E-state index contributed by atoms with van der Waals surface area (Å²) >= 11 is 1.01. The van der Waals surface area contributed by atoms with Crippen molar-refractivity contribution < 1.29 is 10.0 Å². The van der Waals surface area contributed by atoms with Gasteiger partial charge in [0.1, 0.15) is 0 Å². The van der Waals surface area contributed by atoms with Crippen molar-refractivity contribution in [1.29, 1.82) is 0 Å². The van der Waals surface area contributed by atoms with Crippen LogP contribution in [0.1, 0.15) is 11.6 Å². The summed E-state index contributed by atoms with van der Waals surface area (Å²) in [5.74, 6) is 0. The molecule has 6 heteroatoms. The van der Waals surface area contributed by atoms with E-state index in [0.717, 1.165) is 11.3 Å². The maximum absolute atomic E-state index is 10.2. The molecule has 1 aromatic heterocycles. The van der Waals surface area contributed by atoms with Gasteiger partial charge in [-0.15, -0.1) is 0 Å². The van der Waals surface area contributed by atoms with Gasteiger partial charge in [0, 0.05) is 11.4 Å². The van der Waals surface area contributed by atoms with Gasteiger partial charge in [-0.3, -0.25) is 10.1 Å². The first kappa shape index (κ1) is 9.11. The molecule has 12 heavy (non-hydrogen) atoms. The highest BCUT2D eigenvalue weighted by atomic mass is 32.1. The second kappa shape index (κ2) is 3.61. The summed E-state index contributed by atoms with van der Waals surface area (Å²) in [6, 6.07) is 0.862. The van der Waals surface area contributed by atoms with Gasteiger partial charge in [-0.1, -0.05) is 11.3 Å². The van der Waals surface area contributed by atoms with Crippen LogP contribution in [0.4, 0.5) is 5.00 Å². The van der Waals surface area contributed by atoms with Gasteiger partial charge >= 0.3 is 5.00 Å². The Balaban J connectivity index is 2.84. The van der Waals surface area contributed by atoms with Crippen LogP contribution in [0.5, 0.6) is 0 Å². The largest absolute Gasteiger partial charge is 0.394 e. The molecule has 0 fully saturated rings. The van der Waals surface area contributed by atoms with Gasteiger partial charge in [-0.2, -0.15) is 0 Å². The van der Waals surface area contributed by atoms with E-state index >= 15 is 0 Å². The lowest BCUT2D eigenvalue weighted by Crippen LogP contribution is -2.13. The smallest absolute Gasteiger partial charge is 0.324 e. The normalized spacial score (nSPS) is 12.8. The zero-order chi connectivity index (χ0) is 9.14. The average molecular weight is 188 g/mol. The maximum atomic E-state index is 10.2. The van der Waals surface area contributed by atoms with Gasteiger partial charge in [0.05, 0.1) is 17.6 Å². The van der Waals surface area contributed by atoms with E-state index in [4.69, 9.17) is 10.8 Å². The lowest BCUT2D eigenvalue weighted by Gasteiger charge is -2.02. The van der Waals surface area contributed by atoms with Crippen LogP contribution in [0, 0.1) is 10.1 Å². The van der Waals surface area contributed by atoms with Crippen molar-refractivity contribution in [2.75, 3.05) is 6.61 Å². The van der Waals surface area contributed by atoms with Crippen molar-refractivity contribution in [3.8, 4) is 0 Å². The molecule has 1 heterocycles. The third kappa shape index (κ3) is 1.79. The van der Waals surface area contributed by atoms with E-state index < -0.39 is 11.0 Å². The molecule has 1 aromatic rings. The lowest BCUT2D eigenvalue weighted by molar-refractivity contribution is -0.380. The molecule has 0 aliphatic carbocycles. The zero-order valence-electron chi connectivity index (χ0n) is 6.14. The number of aliphatic hydroxyl groups is 1. The molecule has 0 aliphatic rings. The van der Waals surface area contributed by atoms with Crippen molar-refractivity contribution in [2.45, 2.75) is 6.04 Å². The molecule has 0 bridgehead atoms. The summed E-state index contributed by atoms with van der Waals surface area (Å²) in [5, 5.41) is 20.5. The van der Waals surface area contributed by atoms with E-state index in [1.165, 1.54) is 6.07 Å². The molecule has 5 nitrogen and oxygen atoms in total. The standard InChI is InChI=1S/C6H8N2O3S/c7-5(2-9)4-1-6(8(10)11)12-3-4/h1,3,5,9H,2,7H2/t5-/m0/s1. The van der Waals surface area contributed by atoms with Crippen LogP contribution in [0.2, 0.25) is 0 Å². The number of aliphatic hydroxyl groups excluding tert-OH is 1. The zero-order valence-corrected chi connectivity index (χ0v) is 6.95. The van der Waals surface area contributed by atoms with E-state index in [-0.39, 0.29) is 11.6 Å². The molecule has 66 valence electrons. The van der Waals surface area contributed by atoms with Gasteiger partial charge in [0.2, 0.25) is 0 Å². The Labute approximate surface area is 72.6 Å². The lowest BCUT2D eigenvalue weighted by atomic mass is 10.2. The second-order valence-electron chi connectivity index (χ2n) is 2.26. The molecular formula is C6H8N2O3S. The van der Waals surface area contributed by atoms with E-state index in [0.29, 0.717) is 5.56 Å². The van der Waals surface area contributed by atoms with Gasteiger partial charge in [-0.05, 0) is 5.56 Å². The van der Waals surface area contributed by atoms with Crippen LogP contribution in [-0.2, 0) is 0 Å². The Hall–Kier alpha value is -0.980. The molecular weight excluding hydrogens is 180 g/mol. The predicted molar refractivity (Wildman–Crippen MR) is 45.0 cm³/mol. The highest BCUT2D eigenvalue weighted by Crippen LogP contribution is 2.25. The summed E-state index contributed by atoms with van der Waals surface area (Å²) in [4.78, 5) is 9.76. The summed E-state index contributed by atoms with van der Waals surface area (Å²) < 4.78 is 0. The minimum absolute atomic E-state index is 0.0499. The molecule has 0 saturated carbocycles. The van der Waals surface area contributed by atoms with E-state index in [1.807, 2.05) is 0 Å². The molecule has 0 radical (unpaired) electrons. The van der Waals surface area contributed by atoms with Crippen molar-refractivity contribution in [2.24, 2.45) is 5.73 Å². The minimum atomic E-state index is -0.519. The number of hydrogen-bond acceptors (Lipinski definition) is 5. The van der Waals surface area contributed by atoms with Crippen LogP contribution in [-0.4, -0.2) is 16.6 Å². The fourth-order valence-corrected chi connectivity index (χ4v) is 1.52. The summed E-state index contributed by atoms with van der Waals surface area (Å²) in [5.41, 5.74) is 6.05. The Kier molecular flexibility index (Phi) is 2.74. The second-order valence-corrected chi connectivity index (χ2v) is 3.15. The highest BCUT2D eigenvalue weighted by Gasteiger charge is 2.13. The van der Waals surface area contributed by atoms with Gasteiger partial charge in [0.25, 0.3) is 0 Å². The van der Waals surface area contributed by atoms with Gasteiger partial charge < -0.3 is 10.8 Å². The first-order chi connectivity index (χ1) is 5.65. The first-order valence-electron chi connectivity index (χ1n) is 3.24. The summed E-state index contributed by atoms with van der Waals surface area (Å²) in [6.45, 7) is -0.201. The third-order valence-electron chi connectivity index (χ3n) is 1.41.